The fraction of sp³-hybridized carbons (Fsp3) is 0.769. The van der Waals surface area contributed by atoms with E-state index in [0.29, 0.717) is 6.54 Å². The number of hydrogen-bond donors (Lipinski definition) is 1. The predicted molar refractivity (Wildman–Crippen MR) is 79.6 cm³/mol. The number of carbonyl (C=O) groups is 1. The summed E-state index contributed by atoms with van der Waals surface area (Å²) in [5, 5.41) is 4.16. The van der Waals surface area contributed by atoms with Crippen LogP contribution < -0.4 is 5.73 Å². The molecule has 1 aromatic rings. The summed E-state index contributed by atoms with van der Waals surface area (Å²) < 4.78 is 1.84. The number of halogens is 1. The van der Waals surface area contributed by atoms with Crippen molar-refractivity contribution in [2.45, 2.75) is 45.7 Å². The van der Waals surface area contributed by atoms with Gasteiger partial charge in [-0.2, -0.15) is 5.10 Å². The molecule has 20 heavy (non-hydrogen) atoms. The summed E-state index contributed by atoms with van der Waals surface area (Å²) in [6.07, 6.45) is 5.25. The van der Waals surface area contributed by atoms with Crippen molar-refractivity contribution in [3.05, 3.63) is 12.7 Å². The van der Waals surface area contributed by atoms with Gasteiger partial charge in [-0.1, -0.05) is 20.8 Å². The Morgan fingerprint density at radius 3 is 2.70 bits per heavy atom. The summed E-state index contributed by atoms with van der Waals surface area (Å²) in [5.41, 5.74) is 5.85. The highest BCUT2D eigenvalue weighted by atomic mass is 35.5. The molecule has 2 atom stereocenters. The van der Waals surface area contributed by atoms with Crippen LogP contribution in [0.3, 0.4) is 0 Å². The van der Waals surface area contributed by atoms with Crippen molar-refractivity contribution >= 4 is 18.3 Å². The van der Waals surface area contributed by atoms with Crippen LogP contribution in [0.2, 0.25) is 0 Å². The Labute approximate surface area is 126 Å². The Morgan fingerprint density at radius 1 is 1.45 bits per heavy atom. The van der Waals surface area contributed by atoms with Crippen LogP contribution in [0.5, 0.6) is 0 Å². The second-order valence-corrected chi connectivity index (χ2v) is 6.30. The number of nitrogens with zero attached hydrogens (tertiary/aromatic N) is 4. The van der Waals surface area contributed by atoms with Crippen molar-refractivity contribution in [3.8, 4) is 0 Å². The van der Waals surface area contributed by atoms with Crippen LogP contribution in [0.25, 0.3) is 0 Å². The lowest BCUT2D eigenvalue weighted by Gasteiger charge is -2.37. The molecule has 1 amide bonds. The van der Waals surface area contributed by atoms with Gasteiger partial charge >= 0.3 is 0 Å². The summed E-state index contributed by atoms with van der Waals surface area (Å²) in [6, 6.07) is -0.241. The maximum absolute atomic E-state index is 12.4. The van der Waals surface area contributed by atoms with E-state index in [0.717, 1.165) is 19.4 Å². The van der Waals surface area contributed by atoms with E-state index >= 15 is 0 Å². The third kappa shape index (κ3) is 3.70. The first-order chi connectivity index (χ1) is 8.89. The van der Waals surface area contributed by atoms with Crippen LogP contribution >= 0.6 is 12.4 Å². The van der Waals surface area contributed by atoms with Gasteiger partial charge in [-0.25, -0.2) is 9.67 Å². The topological polar surface area (TPSA) is 77.0 Å². The molecule has 6 nitrogen and oxygen atoms in total. The Bertz CT molecular complexity index is 428. The van der Waals surface area contributed by atoms with Crippen molar-refractivity contribution in [2.24, 2.45) is 11.1 Å². The number of likely N-dealkylation sites (tertiary alicyclic amines) is 1. The van der Waals surface area contributed by atoms with E-state index < -0.39 is 6.04 Å². The normalized spacial score (nSPS) is 21.2. The van der Waals surface area contributed by atoms with E-state index in [1.54, 1.807) is 6.33 Å². The van der Waals surface area contributed by atoms with Gasteiger partial charge in [0, 0.05) is 13.1 Å². The minimum absolute atomic E-state index is 0. The van der Waals surface area contributed by atoms with Gasteiger partial charge < -0.3 is 10.6 Å². The number of amides is 1. The summed E-state index contributed by atoms with van der Waals surface area (Å²) in [5.74, 6) is 0.0392. The lowest BCUT2D eigenvalue weighted by molar-refractivity contribution is -0.136. The minimum Gasteiger partial charge on any atom is -0.339 e. The summed E-state index contributed by atoms with van der Waals surface area (Å²) in [7, 11) is 0. The molecule has 2 heterocycles. The lowest BCUT2D eigenvalue weighted by Crippen LogP contribution is -2.53. The second kappa shape index (κ2) is 6.54. The fourth-order valence-electron chi connectivity index (χ4n) is 2.34. The molecule has 2 rings (SSSR count). The monoisotopic (exact) mass is 301 g/mol. The van der Waals surface area contributed by atoms with Gasteiger partial charge in [-0.3, -0.25) is 4.79 Å². The molecular formula is C13H24ClN5O. The zero-order chi connectivity index (χ0) is 14.0. The molecule has 1 unspecified atom stereocenters. The van der Waals surface area contributed by atoms with Gasteiger partial charge in [0.25, 0.3) is 0 Å². The summed E-state index contributed by atoms with van der Waals surface area (Å²) >= 11 is 0. The molecule has 0 aliphatic carbocycles. The van der Waals surface area contributed by atoms with Gasteiger partial charge in [0.1, 0.15) is 12.7 Å². The Kier molecular flexibility index (Phi) is 5.53. The molecule has 1 aromatic heterocycles. The number of rotatable bonds is 2. The largest absolute Gasteiger partial charge is 0.339 e. The number of hydrogen-bond acceptors (Lipinski definition) is 4. The zero-order valence-corrected chi connectivity index (χ0v) is 13.1. The van der Waals surface area contributed by atoms with Crippen molar-refractivity contribution in [1.29, 1.82) is 0 Å². The number of nitrogens with two attached hydrogens (primary N) is 1. The quantitative estimate of drug-likeness (QED) is 0.891. The molecule has 0 bridgehead atoms. The highest BCUT2D eigenvalue weighted by Gasteiger charge is 2.33. The molecular weight excluding hydrogens is 278 g/mol. The molecule has 0 saturated carbocycles. The minimum atomic E-state index is -0.456. The molecule has 114 valence electrons. The average molecular weight is 302 g/mol. The Balaban J connectivity index is 0.00000200. The van der Waals surface area contributed by atoms with Crippen LogP contribution in [-0.4, -0.2) is 44.7 Å². The first-order valence-electron chi connectivity index (χ1n) is 6.78. The van der Waals surface area contributed by atoms with Crippen molar-refractivity contribution in [2.75, 3.05) is 13.1 Å². The maximum atomic E-state index is 12.4. The van der Waals surface area contributed by atoms with Crippen LogP contribution in [0.4, 0.5) is 0 Å². The summed E-state index contributed by atoms with van der Waals surface area (Å²) in [4.78, 5) is 18.2. The van der Waals surface area contributed by atoms with Crippen molar-refractivity contribution < 1.29 is 4.79 Å². The number of carbonyl (C=O) groups excluding carboxylic acids is 1. The molecule has 1 aliphatic rings. The molecule has 0 spiro atoms. The standard InChI is InChI=1S/C13H23N5O.ClH/c1-13(2,3)11(14)12(19)17-6-4-5-10(7-17)18-9-15-8-16-18;/h8-11H,4-7,14H2,1-3H3;1H/t10?,11-;/m1./s1. The Morgan fingerprint density at radius 2 is 2.15 bits per heavy atom. The highest BCUT2D eigenvalue weighted by Crippen LogP contribution is 2.24. The maximum Gasteiger partial charge on any atom is 0.240 e. The smallest absolute Gasteiger partial charge is 0.240 e. The highest BCUT2D eigenvalue weighted by molar-refractivity contribution is 5.85. The molecule has 1 saturated heterocycles. The number of piperidine rings is 1. The van der Waals surface area contributed by atoms with Gasteiger partial charge in [0.05, 0.1) is 12.1 Å². The first-order valence-corrected chi connectivity index (χ1v) is 6.78. The molecule has 1 fully saturated rings. The molecule has 2 N–H and O–H groups in total. The molecule has 0 aromatic carbocycles. The van der Waals surface area contributed by atoms with Gasteiger partial charge in [-0.05, 0) is 18.3 Å². The third-order valence-electron chi connectivity index (χ3n) is 3.72. The molecule has 1 aliphatic heterocycles. The van der Waals surface area contributed by atoms with E-state index in [2.05, 4.69) is 10.1 Å². The zero-order valence-electron chi connectivity index (χ0n) is 12.3. The van der Waals surface area contributed by atoms with Crippen LogP contribution in [0.15, 0.2) is 12.7 Å². The SMILES string of the molecule is CC(C)(C)[C@H](N)C(=O)N1CCCC(n2cncn2)C1.Cl. The molecule has 7 heteroatoms. The van der Waals surface area contributed by atoms with Crippen LogP contribution in [-0.2, 0) is 4.79 Å². The van der Waals surface area contributed by atoms with E-state index in [4.69, 9.17) is 5.73 Å². The van der Waals surface area contributed by atoms with Crippen LogP contribution in [0.1, 0.15) is 39.7 Å². The summed E-state index contributed by atoms with van der Waals surface area (Å²) in [6.45, 7) is 7.44. The molecule has 0 radical (unpaired) electrons. The van der Waals surface area contributed by atoms with Gasteiger partial charge in [-0.15, -0.1) is 12.4 Å². The van der Waals surface area contributed by atoms with Gasteiger partial charge in [0.2, 0.25) is 5.91 Å². The van der Waals surface area contributed by atoms with Crippen molar-refractivity contribution in [1.82, 2.24) is 19.7 Å². The average Bonchev–Trinajstić information content (AvgIpc) is 2.90. The first kappa shape index (κ1) is 16.9. The van der Waals surface area contributed by atoms with Crippen LogP contribution in [0, 0.1) is 5.41 Å². The fourth-order valence-corrected chi connectivity index (χ4v) is 2.34. The Hall–Kier alpha value is -1.14. The van der Waals surface area contributed by atoms with E-state index in [1.807, 2.05) is 30.4 Å². The van der Waals surface area contributed by atoms with E-state index in [-0.39, 0.29) is 29.8 Å². The van der Waals surface area contributed by atoms with Crippen molar-refractivity contribution in [3.63, 3.8) is 0 Å². The van der Waals surface area contributed by atoms with E-state index in [9.17, 15) is 4.79 Å². The second-order valence-electron chi connectivity index (χ2n) is 6.30. The third-order valence-corrected chi connectivity index (χ3v) is 3.72. The predicted octanol–water partition coefficient (Wildman–Crippen LogP) is 1.24. The number of aromatic nitrogens is 3. The lowest BCUT2D eigenvalue weighted by atomic mass is 9.86. The van der Waals surface area contributed by atoms with E-state index in [1.165, 1.54) is 6.33 Å². The van der Waals surface area contributed by atoms with Gasteiger partial charge in [0.15, 0.2) is 0 Å².